The third-order valence-electron chi connectivity index (χ3n) is 3.61. The van der Waals surface area contributed by atoms with Crippen molar-refractivity contribution in [3.63, 3.8) is 0 Å². The third kappa shape index (κ3) is 2.99. The van der Waals surface area contributed by atoms with Crippen LogP contribution >= 0.6 is 0 Å². The number of nitrogens with zero attached hydrogens (tertiary/aromatic N) is 2. The van der Waals surface area contributed by atoms with Crippen LogP contribution in [0.25, 0.3) is 0 Å². The summed E-state index contributed by atoms with van der Waals surface area (Å²) in [6.45, 7) is 5.52. The van der Waals surface area contributed by atoms with Crippen LogP contribution in [0.3, 0.4) is 0 Å². The molecular formula is C15H21N3O2. The molecule has 1 aromatic carbocycles. The summed E-state index contributed by atoms with van der Waals surface area (Å²) in [5, 5.41) is 0. The molecule has 2 amide bonds. The minimum Gasteiger partial charge on any atom is -0.336 e. The molecule has 2 rings (SSSR count). The summed E-state index contributed by atoms with van der Waals surface area (Å²) >= 11 is 0. The van der Waals surface area contributed by atoms with E-state index >= 15 is 0 Å². The summed E-state index contributed by atoms with van der Waals surface area (Å²) < 4.78 is 0. The van der Waals surface area contributed by atoms with E-state index < -0.39 is 11.8 Å². The SMILES string of the molecule is Cc1cc(C)cc(C(N)CN2CCN(C)C(=O)C2=O)c1. The Morgan fingerprint density at radius 2 is 1.70 bits per heavy atom. The van der Waals surface area contributed by atoms with Crippen molar-refractivity contribution in [1.29, 1.82) is 0 Å². The lowest BCUT2D eigenvalue weighted by Gasteiger charge is -2.33. The molecule has 1 unspecified atom stereocenters. The first-order valence-electron chi connectivity index (χ1n) is 6.76. The van der Waals surface area contributed by atoms with Gasteiger partial charge in [-0.2, -0.15) is 0 Å². The van der Waals surface area contributed by atoms with Crippen LogP contribution in [0.1, 0.15) is 22.7 Å². The van der Waals surface area contributed by atoms with Gasteiger partial charge in [-0.05, 0) is 19.4 Å². The zero-order valence-corrected chi connectivity index (χ0v) is 12.2. The molecule has 1 aliphatic rings. The number of amides is 2. The van der Waals surface area contributed by atoms with Crippen LogP contribution in [-0.2, 0) is 9.59 Å². The molecule has 1 aromatic rings. The van der Waals surface area contributed by atoms with E-state index in [0.717, 1.165) is 16.7 Å². The van der Waals surface area contributed by atoms with Crippen LogP contribution in [0.5, 0.6) is 0 Å². The molecule has 1 fully saturated rings. The van der Waals surface area contributed by atoms with Crippen molar-refractivity contribution in [1.82, 2.24) is 9.80 Å². The minimum atomic E-state index is -0.460. The van der Waals surface area contributed by atoms with Gasteiger partial charge < -0.3 is 15.5 Å². The summed E-state index contributed by atoms with van der Waals surface area (Å²) in [7, 11) is 1.64. The highest BCUT2D eigenvalue weighted by Crippen LogP contribution is 2.17. The molecule has 1 aliphatic heterocycles. The first-order chi connectivity index (χ1) is 9.38. The van der Waals surface area contributed by atoms with Gasteiger partial charge in [0.25, 0.3) is 0 Å². The number of carbonyl (C=O) groups excluding carboxylic acids is 2. The van der Waals surface area contributed by atoms with Crippen molar-refractivity contribution >= 4 is 11.8 Å². The molecule has 5 nitrogen and oxygen atoms in total. The monoisotopic (exact) mass is 275 g/mol. The molecule has 20 heavy (non-hydrogen) atoms. The van der Waals surface area contributed by atoms with E-state index in [-0.39, 0.29) is 6.04 Å². The zero-order valence-electron chi connectivity index (χ0n) is 12.2. The third-order valence-corrected chi connectivity index (χ3v) is 3.61. The Hall–Kier alpha value is -1.88. The number of hydrogen-bond donors (Lipinski definition) is 1. The van der Waals surface area contributed by atoms with E-state index in [1.165, 1.54) is 4.90 Å². The standard InChI is InChI=1S/C15H21N3O2/c1-10-6-11(2)8-12(7-10)13(16)9-18-5-4-17(3)14(19)15(18)20/h6-8,13H,4-5,9,16H2,1-3H3. The maximum Gasteiger partial charge on any atom is 0.312 e. The molecule has 0 saturated carbocycles. The van der Waals surface area contributed by atoms with E-state index in [1.54, 1.807) is 11.9 Å². The van der Waals surface area contributed by atoms with Gasteiger partial charge in [0.05, 0.1) is 0 Å². The topological polar surface area (TPSA) is 66.6 Å². The first-order valence-corrected chi connectivity index (χ1v) is 6.76. The Morgan fingerprint density at radius 1 is 1.10 bits per heavy atom. The zero-order chi connectivity index (χ0) is 14.9. The number of carbonyl (C=O) groups is 2. The van der Waals surface area contributed by atoms with Gasteiger partial charge in [0.2, 0.25) is 0 Å². The molecule has 2 N–H and O–H groups in total. The van der Waals surface area contributed by atoms with Gasteiger partial charge in [0.1, 0.15) is 0 Å². The number of aryl methyl sites for hydroxylation is 2. The second kappa shape index (κ2) is 5.63. The highest BCUT2D eigenvalue weighted by Gasteiger charge is 2.31. The molecule has 0 radical (unpaired) electrons. The van der Waals surface area contributed by atoms with Gasteiger partial charge in [-0.1, -0.05) is 29.3 Å². The lowest BCUT2D eigenvalue weighted by atomic mass is 10.0. The molecule has 0 aromatic heterocycles. The molecule has 108 valence electrons. The molecule has 0 spiro atoms. The van der Waals surface area contributed by atoms with Gasteiger partial charge in [-0.3, -0.25) is 9.59 Å². The van der Waals surface area contributed by atoms with E-state index in [4.69, 9.17) is 5.73 Å². The summed E-state index contributed by atoms with van der Waals surface area (Å²) in [6, 6.07) is 5.87. The van der Waals surface area contributed by atoms with Crippen molar-refractivity contribution < 1.29 is 9.59 Å². The van der Waals surface area contributed by atoms with Gasteiger partial charge in [0.15, 0.2) is 0 Å². The number of benzene rings is 1. The normalized spacial score (nSPS) is 17.6. The maximum atomic E-state index is 11.9. The van der Waals surface area contributed by atoms with Crippen LogP contribution in [0, 0.1) is 13.8 Å². The molecule has 5 heteroatoms. The predicted octanol–water partition coefficient (Wildman–Crippen LogP) is 0.604. The lowest BCUT2D eigenvalue weighted by molar-refractivity contribution is -0.155. The smallest absolute Gasteiger partial charge is 0.312 e. The number of likely N-dealkylation sites (N-methyl/N-ethyl adjacent to an activating group) is 1. The number of hydrogen-bond acceptors (Lipinski definition) is 3. The number of nitrogens with two attached hydrogens (primary N) is 1. The fourth-order valence-electron chi connectivity index (χ4n) is 2.51. The van der Waals surface area contributed by atoms with Crippen molar-refractivity contribution in [2.45, 2.75) is 19.9 Å². The van der Waals surface area contributed by atoms with E-state index in [0.29, 0.717) is 19.6 Å². The van der Waals surface area contributed by atoms with Gasteiger partial charge in [-0.15, -0.1) is 0 Å². The van der Waals surface area contributed by atoms with Crippen LogP contribution in [0.15, 0.2) is 18.2 Å². The van der Waals surface area contributed by atoms with Gasteiger partial charge >= 0.3 is 11.8 Å². The van der Waals surface area contributed by atoms with Crippen molar-refractivity contribution in [2.75, 3.05) is 26.7 Å². The van der Waals surface area contributed by atoms with Crippen molar-refractivity contribution in [3.05, 3.63) is 34.9 Å². The van der Waals surface area contributed by atoms with Crippen molar-refractivity contribution in [3.8, 4) is 0 Å². The van der Waals surface area contributed by atoms with Crippen LogP contribution in [-0.4, -0.2) is 48.3 Å². The predicted molar refractivity (Wildman–Crippen MR) is 77.1 cm³/mol. The fraction of sp³-hybridized carbons (Fsp3) is 0.467. The molecule has 1 saturated heterocycles. The second-order valence-electron chi connectivity index (χ2n) is 5.51. The molecule has 1 atom stereocenters. The molecule has 0 bridgehead atoms. The first kappa shape index (κ1) is 14.5. The Morgan fingerprint density at radius 3 is 2.30 bits per heavy atom. The number of piperazine rings is 1. The average molecular weight is 275 g/mol. The summed E-state index contributed by atoms with van der Waals surface area (Å²) in [4.78, 5) is 26.6. The Kier molecular flexibility index (Phi) is 4.09. The van der Waals surface area contributed by atoms with Gasteiger partial charge in [-0.25, -0.2) is 0 Å². The summed E-state index contributed by atoms with van der Waals surface area (Å²) in [5.41, 5.74) is 9.49. The van der Waals surface area contributed by atoms with Crippen molar-refractivity contribution in [2.24, 2.45) is 5.73 Å². The lowest BCUT2D eigenvalue weighted by Crippen LogP contribution is -2.54. The Balaban J connectivity index is 2.09. The van der Waals surface area contributed by atoms with E-state index in [1.807, 2.05) is 26.0 Å². The Bertz CT molecular complexity index is 522. The van der Waals surface area contributed by atoms with Gasteiger partial charge in [0, 0.05) is 32.7 Å². The Labute approximate surface area is 119 Å². The molecule has 0 aliphatic carbocycles. The van der Waals surface area contributed by atoms with Crippen LogP contribution < -0.4 is 5.73 Å². The largest absolute Gasteiger partial charge is 0.336 e. The number of rotatable bonds is 3. The highest BCUT2D eigenvalue weighted by molar-refractivity contribution is 6.35. The van der Waals surface area contributed by atoms with Crippen LogP contribution in [0.2, 0.25) is 0 Å². The average Bonchev–Trinajstić information content (AvgIpc) is 2.38. The second-order valence-corrected chi connectivity index (χ2v) is 5.51. The molecule has 1 heterocycles. The fourth-order valence-corrected chi connectivity index (χ4v) is 2.51. The maximum absolute atomic E-state index is 11.9. The van der Waals surface area contributed by atoms with E-state index in [2.05, 4.69) is 6.07 Å². The highest BCUT2D eigenvalue weighted by atomic mass is 16.2. The summed E-state index contributed by atoms with van der Waals surface area (Å²) in [5.74, 6) is -0.914. The van der Waals surface area contributed by atoms with Crippen LogP contribution in [0.4, 0.5) is 0 Å². The minimum absolute atomic E-state index is 0.270. The van der Waals surface area contributed by atoms with E-state index in [9.17, 15) is 9.59 Å². The quantitative estimate of drug-likeness (QED) is 0.822. The summed E-state index contributed by atoms with van der Waals surface area (Å²) in [6.07, 6.45) is 0. The molecular weight excluding hydrogens is 254 g/mol.